The van der Waals surface area contributed by atoms with E-state index in [4.69, 9.17) is 4.42 Å². The minimum Gasteiger partial charge on any atom is -0.441 e. The Morgan fingerprint density at radius 1 is 1.03 bits per heavy atom. The highest BCUT2D eigenvalue weighted by atomic mass is 16.4. The van der Waals surface area contributed by atoms with E-state index < -0.39 is 17.9 Å². The standard InChI is InChI=1S/C30H39N5O4/c1-18(2)15-25(31-29(38)26-20(5)39-30(32-26)21-9-7-6-8-10-21)28(37)34-33-27(36)22-11-12-24(16-22)35(17-19(3)4)23-13-14-23/h6-11,16,18-19,23,25H,12-15,17H2,1-5H3,(H,31,38)(H,33,36)(H,34,37)/t25-/m0/s1. The molecule has 9 heteroatoms. The summed E-state index contributed by atoms with van der Waals surface area (Å²) in [6, 6.07) is 8.99. The third-order valence-corrected chi connectivity index (χ3v) is 6.69. The summed E-state index contributed by atoms with van der Waals surface area (Å²) in [6.45, 7) is 10.9. The topological polar surface area (TPSA) is 117 Å². The molecule has 1 fully saturated rings. The fourth-order valence-corrected chi connectivity index (χ4v) is 4.67. The van der Waals surface area contributed by atoms with Gasteiger partial charge in [0.1, 0.15) is 11.8 Å². The van der Waals surface area contributed by atoms with Gasteiger partial charge in [-0.3, -0.25) is 25.2 Å². The summed E-state index contributed by atoms with van der Waals surface area (Å²) in [7, 11) is 0. The lowest BCUT2D eigenvalue weighted by Crippen LogP contribution is -2.53. The van der Waals surface area contributed by atoms with E-state index in [1.165, 1.54) is 12.8 Å². The van der Waals surface area contributed by atoms with Gasteiger partial charge in [0.2, 0.25) is 5.89 Å². The van der Waals surface area contributed by atoms with E-state index in [-0.39, 0.29) is 17.5 Å². The number of aryl methyl sites for hydroxylation is 1. The number of rotatable bonds is 11. The smallest absolute Gasteiger partial charge is 0.274 e. The molecule has 3 N–H and O–H groups in total. The molecule has 1 heterocycles. The van der Waals surface area contributed by atoms with Crippen LogP contribution in [0.5, 0.6) is 0 Å². The van der Waals surface area contributed by atoms with Crippen LogP contribution in [0.25, 0.3) is 11.5 Å². The molecule has 0 saturated heterocycles. The van der Waals surface area contributed by atoms with Crippen molar-refractivity contribution in [2.24, 2.45) is 11.8 Å². The molecule has 208 valence electrons. The van der Waals surface area contributed by atoms with E-state index >= 15 is 0 Å². The van der Waals surface area contributed by atoms with Gasteiger partial charge in [0.15, 0.2) is 5.69 Å². The number of hydrazine groups is 1. The van der Waals surface area contributed by atoms with Crippen LogP contribution in [0, 0.1) is 18.8 Å². The van der Waals surface area contributed by atoms with Crippen molar-refractivity contribution in [3.05, 3.63) is 65.2 Å². The van der Waals surface area contributed by atoms with E-state index in [0.29, 0.717) is 42.0 Å². The summed E-state index contributed by atoms with van der Waals surface area (Å²) in [6.07, 6.45) is 7.26. The zero-order valence-electron chi connectivity index (χ0n) is 23.4. The van der Waals surface area contributed by atoms with Crippen molar-refractivity contribution >= 4 is 17.7 Å². The third-order valence-electron chi connectivity index (χ3n) is 6.69. The van der Waals surface area contributed by atoms with Gasteiger partial charge in [-0.25, -0.2) is 4.98 Å². The van der Waals surface area contributed by atoms with Gasteiger partial charge in [-0.1, -0.05) is 52.0 Å². The molecule has 0 aliphatic heterocycles. The van der Waals surface area contributed by atoms with Crippen LogP contribution in [0.15, 0.2) is 58.2 Å². The van der Waals surface area contributed by atoms with Gasteiger partial charge in [0, 0.05) is 35.8 Å². The summed E-state index contributed by atoms with van der Waals surface area (Å²) >= 11 is 0. The predicted octanol–water partition coefficient (Wildman–Crippen LogP) is 4.28. The second-order valence-corrected chi connectivity index (χ2v) is 11.2. The molecule has 1 aromatic carbocycles. The fraction of sp³-hybridized carbons (Fsp3) is 0.467. The Hall–Kier alpha value is -3.88. The molecule has 0 bridgehead atoms. The van der Waals surface area contributed by atoms with E-state index in [9.17, 15) is 14.4 Å². The lowest BCUT2D eigenvalue weighted by atomic mass is 10.0. The highest BCUT2D eigenvalue weighted by Crippen LogP contribution is 2.34. The monoisotopic (exact) mass is 533 g/mol. The third kappa shape index (κ3) is 7.37. The van der Waals surface area contributed by atoms with Crippen LogP contribution >= 0.6 is 0 Å². The van der Waals surface area contributed by atoms with Gasteiger partial charge in [0.05, 0.1) is 0 Å². The number of benzene rings is 1. The van der Waals surface area contributed by atoms with Crippen molar-refractivity contribution in [2.75, 3.05) is 6.54 Å². The maximum Gasteiger partial charge on any atom is 0.274 e. The second-order valence-electron chi connectivity index (χ2n) is 11.2. The van der Waals surface area contributed by atoms with Crippen molar-refractivity contribution in [1.29, 1.82) is 0 Å². The Balaban J connectivity index is 1.36. The lowest BCUT2D eigenvalue weighted by Gasteiger charge is -2.27. The first kappa shape index (κ1) is 28.1. The lowest BCUT2D eigenvalue weighted by molar-refractivity contribution is -0.128. The molecule has 9 nitrogen and oxygen atoms in total. The van der Waals surface area contributed by atoms with Crippen molar-refractivity contribution in [1.82, 2.24) is 26.1 Å². The zero-order chi connectivity index (χ0) is 28.1. The fourth-order valence-electron chi connectivity index (χ4n) is 4.67. The SMILES string of the molecule is Cc1oc(-c2ccccc2)nc1C(=O)N[C@@H](CC(C)C)C(=O)NNC(=O)C1=CCC(N(CC(C)C)C2CC2)=C1. The number of aromatic nitrogens is 1. The Labute approximate surface area is 230 Å². The quantitative estimate of drug-likeness (QED) is 0.372. The summed E-state index contributed by atoms with van der Waals surface area (Å²) in [4.78, 5) is 45.7. The number of hydrogen-bond donors (Lipinski definition) is 3. The summed E-state index contributed by atoms with van der Waals surface area (Å²) in [5, 5.41) is 2.76. The van der Waals surface area contributed by atoms with Gasteiger partial charge in [0.25, 0.3) is 17.7 Å². The number of amides is 3. The molecular formula is C30H39N5O4. The average Bonchev–Trinajstić information content (AvgIpc) is 3.48. The van der Waals surface area contributed by atoms with Crippen LogP contribution < -0.4 is 16.2 Å². The molecule has 1 atom stereocenters. The van der Waals surface area contributed by atoms with E-state index in [2.05, 4.69) is 39.9 Å². The van der Waals surface area contributed by atoms with Gasteiger partial charge in [-0.15, -0.1) is 0 Å². The summed E-state index contributed by atoms with van der Waals surface area (Å²) in [5.74, 6) is -0.0552. The van der Waals surface area contributed by atoms with Gasteiger partial charge < -0.3 is 14.6 Å². The maximum absolute atomic E-state index is 13.1. The Morgan fingerprint density at radius 3 is 2.38 bits per heavy atom. The van der Waals surface area contributed by atoms with Crippen LogP contribution in [-0.4, -0.2) is 46.2 Å². The number of carbonyl (C=O) groups is 3. The molecule has 0 spiro atoms. The number of hydrogen-bond acceptors (Lipinski definition) is 6. The first-order valence-electron chi connectivity index (χ1n) is 13.7. The van der Waals surface area contributed by atoms with Gasteiger partial charge in [-0.2, -0.15) is 0 Å². The minimum atomic E-state index is -0.867. The number of oxazole rings is 1. The molecule has 4 rings (SSSR count). The van der Waals surface area contributed by atoms with Crippen molar-refractivity contribution in [3.8, 4) is 11.5 Å². The minimum absolute atomic E-state index is 0.118. The van der Waals surface area contributed by atoms with E-state index in [1.807, 2.05) is 56.3 Å². The maximum atomic E-state index is 13.1. The van der Waals surface area contributed by atoms with Crippen LogP contribution in [-0.2, 0) is 9.59 Å². The van der Waals surface area contributed by atoms with Gasteiger partial charge in [-0.05, 0) is 56.2 Å². The second kappa shape index (κ2) is 12.3. The summed E-state index contributed by atoms with van der Waals surface area (Å²) < 4.78 is 5.70. The molecule has 0 radical (unpaired) electrons. The van der Waals surface area contributed by atoms with Gasteiger partial charge >= 0.3 is 0 Å². The predicted molar refractivity (Wildman–Crippen MR) is 149 cm³/mol. The Morgan fingerprint density at radius 2 is 1.74 bits per heavy atom. The number of allylic oxidation sites excluding steroid dienone is 1. The van der Waals surface area contributed by atoms with Crippen LogP contribution in [0.2, 0.25) is 0 Å². The molecular weight excluding hydrogens is 494 g/mol. The van der Waals surface area contributed by atoms with E-state index in [0.717, 1.165) is 17.8 Å². The first-order valence-corrected chi connectivity index (χ1v) is 13.7. The van der Waals surface area contributed by atoms with Crippen LogP contribution in [0.4, 0.5) is 0 Å². The molecule has 1 aromatic heterocycles. The molecule has 3 amide bonds. The van der Waals surface area contributed by atoms with Crippen molar-refractivity contribution in [2.45, 2.75) is 72.4 Å². The zero-order valence-corrected chi connectivity index (χ0v) is 23.4. The van der Waals surface area contributed by atoms with Crippen LogP contribution in [0.3, 0.4) is 0 Å². The normalized spacial score (nSPS) is 15.6. The number of nitrogens with zero attached hydrogens (tertiary/aromatic N) is 2. The average molecular weight is 534 g/mol. The molecule has 2 aliphatic carbocycles. The molecule has 2 aliphatic rings. The first-order chi connectivity index (χ1) is 18.6. The highest BCUT2D eigenvalue weighted by Gasteiger charge is 2.32. The highest BCUT2D eigenvalue weighted by molar-refractivity contribution is 6.00. The Bertz CT molecular complexity index is 1260. The largest absolute Gasteiger partial charge is 0.441 e. The van der Waals surface area contributed by atoms with Crippen molar-refractivity contribution in [3.63, 3.8) is 0 Å². The van der Waals surface area contributed by atoms with Crippen LogP contribution in [0.1, 0.15) is 69.6 Å². The Kier molecular flexibility index (Phi) is 8.89. The molecule has 1 saturated carbocycles. The summed E-state index contributed by atoms with van der Waals surface area (Å²) in [5.41, 5.74) is 7.56. The van der Waals surface area contributed by atoms with Crippen molar-refractivity contribution < 1.29 is 18.8 Å². The molecule has 39 heavy (non-hydrogen) atoms. The number of carbonyl (C=O) groups excluding carboxylic acids is 3. The van der Waals surface area contributed by atoms with E-state index in [1.54, 1.807) is 6.92 Å². The molecule has 2 aromatic rings. The molecule has 0 unspecified atom stereocenters. The number of nitrogens with one attached hydrogen (secondary N) is 3.